The number of para-hydroxylation sites is 1. The molecule has 0 saturated heterocycles. The standard InChI is InChI=1S/C18H15F2NO5/c1-3-24-15-8-11-12(9-14(15)23-2)21-16(26-17(11)22)10-6-4-5-7-13(10)25-18(19)20/h4-9,18H,3H2,1-2H3. The highest BCUT2D eigenvalue weighted by Crippen LogP contribution is 2.33. The quantitative estimate of drug-likeness (QED) is 0.662. The Morgan fingerprint density at radius 2 is 1.92 bits per heavy atom. The first-order valence-electron chi connectivity index (χ1n) is 7.73. The number of nitrogens with zero attached hydrogens (tertiary/aromatic N) is 1. The summed E-state index contributed by atoms with van der Waals surface area (Å²) in [6, 6.07) is 8.93. The minimum absolute atomic E-state index is 0.134. The van der Waals surface area contributed by atoms with Crippen molar-refractivity contribution in [2.24, 2.45) is 0 Å². The molecule has 1 heterocycles. The van der Waals surface area contributed by atoms with Crippen molar-refractivity contribution in [3.8, 4) is 28.7 Å². The normalized spacial score (nSPS) is 11.0. The minimum atomic E-state index is -3.02. The average molecular weight is 363 g/mol. The van der Waals surface area contributed by atoms with Crippen molar-refractivity contribution in [2.75, 3.05) is 13.7 Å². The molecular weight excluding hydrogens is 348 g/mol. The smallest absolute Gasteiger partial charge is 0.387 e. The molecule has 3 aromatic rings. The lowest BCUT2D eigenvalue weighted by atomic mass is 10.2. The summed E-state index contributed by atoms with van der Waals surface area (Å²) in [5.74, 6) is 0.492. The number of hydrogen-bond acceptors (Lipinski definition) is 6. The highest BCUT2D eigenvalue weighted by molar-refractivity contribution is 5.83. The second-order valence-corrected chi connectivity index (χ2v) is 5.13. The highest BCUT2D eigenvalue weighted by atomic mass is 19.3. The maximum absolute atomic E-state index is 12.6. The predicted octanol–water partition coefficient (Wildman–Crippen LogP) is 3.86. The van der Waals surface area contributed by atoms with E-state index in [9.17, 15) is 13.6 Å². The Labute approximate surface area is 146 Å². The van der Waals surface area contributed by atoms with Gasteiger partial charge in [-0.05, 0) is 19.1 Å². The Balaban J connectivity index is 2.18. The van der Waals surface area contributed by atoms with Crippen LogP contribution in [0.3, 0.4) is 0 Å². The Bertz CT molecular complexity index is 987. The van der Waals surface area contributed by atoms with Gasteiger partial charge in [-0.25, -0.2) is 9.78 Å². The third-order valence-electron chi connectivity index (χ3n) is 3.55. The summed E-state index contributed by atoms with van der Waals surface area (Å²) in [6.07, 6.45) is 0. The molecule has 0 amide bonds. The molecule has 0 atom stereocenters. The summed E-state index contributed by atoms with van der Waals surface area (Å²) in [5, 5.41) is 0.185. The van der Waals surface area contributed by atoms with E-state index in [2.05, 4.69) is 9.72 Å². The molecule has 0 aliphatic rings. The van der Waals surface area contributed by atoms with Gasteiger partial charge in [0.1, 0.15) is 5.75 Å². The summed E-state index contributed by atoms with van der Waals surface area (Å²) in [4.78, 5) is 16.6. The Hall–Kier alpha value is -3.16. The molecule has 0 bridgehead atoms. The lowest BCUT2D eigenvalue weighted by Crippen LogP contribution is -2.07. The second kappa shape index (κ2) is 7.38. The zero-order chi connectivity index (χ0) is 18.7. The van der Waals surface area contributed by atoms with Gasteiger partial charge in [0.25, 0.3) is 0 Å². The van der Waals surface area contributed by atoms with Crippen LogP contribution in [0.1, 0.15) is 6.92 Å². The molecule has 0 fully saturated rings. The Kier molecular flexibility index (Phi) is 5.01. The zero-order valence-electron chi connectivity index (χ0n) is 14.0. The molecule has 0 aliphatic carbocycles. The van der Waals surface area contributed by atoms with Gasteiger partial charge in [-0.2, -0.15) is 8.78 Å². The molecule has 1 aromatic heterocycles. The fourth-order valence-corrected chi connectivity index (χ4v) is 2.47. The summed E-state index contributed by atoms with van der Waals surface area (Å²) in [6.45, 7) is -0.832. The molecule has 136 valence electrons. The highest BCUT2D eigenvalue weighted by Gasteiger charge is 2.17. The minimum Gasteiger partial charge on any atom is -0.493 e. The van der Waals surface area contributed by atoms with Crippen LogP contribution in [0.4, 0.5) is 8.78 Å². The number of halogens is 2. The summed E-state index contributed by atoms with van der Waals surface area (Å²) in [7, 11) is 1.46. The molecule has 0 aliphatic heterocycles. The van der Waals surface area contributed by atoms with Gasteiger partial charge in [-0.1, -0.05) is 12.1 Å². The van der Waals surface area contributed by atoms with E-state index in [4.69, 9.17) is 13.9 Å². The van der Waals surface area contributed by atoms with Gasteiger partial charge < -0.3 is 18.6 Å². The van der Waals surface area contributed by atoms with E-state index in [1.165, 1.54) is 37.4 Å². The predicted molar refractivity (Wildman–Crippen MR) is 90.1 cm³/mol. The van der Waals surface area contributed by atoms with Gasteiger partial charge in [0, 0.05) is 12.1 Å². The maximum atomic E-state index is 12.6. The fourth-order valence-electron chi connectivity index (χ4n) is 2.47. The first-order valence-corrected chi connectivity index (χ1v) is 7.73. The van der Waals surface area contributed by atoms with Crippen molar-refractivity contribution in [2.45, 2.75) is 13.5 Å². The van der Waals surface area contributed by atoms with E-state index in [-0.39, 0.29) is 28.1 Å². The summed E-state index contributed by atoms with van der Waals surface area (Å²) >= 11 is 0. The average Bonchev–Trinajstić information content (AvgIpc) is 2.61. The number of methoxy groups -OCH3 is 1. The molecule has 26 heavy (non-hydrogen) atoms. The van der Waals surface area contributed by atoms with Crippen LogP contribution >= 0.6 is 0 Å². The first kappa shape index (κ1) is 17.7. The molecule has 0 radical (unpaired) electrons. The van der Waals surface area contributed by atoms with Gasteiger partial charge in [-0.3, -0.25) is 0 Å². The molecule has 0 N–H and O–H groups in total. The van der Waals surface area contributed by atoms with Crippen LogP contribution in [-0.2, 0) is 0 Å². The number of hydrogen-bond donors (Lipinski definition) is 0. The topological polar surface area (TPSA) is 70.8 Å². The van der Waals surface area contributed by atoms with Crippen molar-refractivity contribution in [3.63, 3.8) is 0 Å². The van der Waals surface area contributed by atoms with Gasteiger partial charge in [0.15, 0.2) is 11.5 Å². The Morgan fingerprint density at radius 1 is 1.15 bits per heavy atom. The number of fused-ring (bicyclic) bond motifs is 1. The third-order valence-corrected chi connectivity index (χ3v) is 3.55. The van der Waals surface area contributed by atoms with Crippen LogP contribution < -0.4 is 19.8 Å². The lowest BCUT2D eigenvalue weighted by molar-refractivity contribution is -0.0495. The molecule has 0 unspecified atom stereocenters. The molecule has 2 aromatic carbocycles. The molecule has 8 heteroatoms. The number of alkyl halides is 2. The van der Waals surface area contributed by atoms with Crippen molar-refractivity contribution in [1.29, 1.82) is 0 Å². The van der Waals surface area contributed by atoms with Crippen molar-refractivity contribution >= 4 is 10.9 Å². The molecule has 6 nitrogen and oxygen atoms in total. The molecular formula is C18H15F2NO5. The molecule has 0 saturated carbocycles. The molecule has 3 rings (SSSR count). The first-order chi connectivity index (χ1) is 12.5. The maximum Gasteiger partial charge on any atom is 0.387 e. The monoisotopic (exact) mass is 363 g/mol. The van der Waals surface area contributed by atoms with Gasteiger partial charge in [0.05, 0.1) is 30.2 Å². The Morgan fingerprint density at radius 3 is 2.62 bits per heavy atom. The second-order valence-electron chi connectivity index (χ2n) is 5.13. The van der Waals surface area contributed by atoms with Gasteiger partial charge >= 0.3 is 12.2 Å². The van der Waals surface area contributed by atoms with Crippen LogP contribution in [0.5, 0.6) is 17.2 Å². The summed E-state index contributed by atoms with van der Waals surface area (Å²) < 4.78 is 45.6. The third kappa shape index (κ3) is 3.44. The van der Waals surface area contributed by atoms with E-state index < -0.39 is 12.2 Å². The van der Waals surface area contributed by atoms with Crippen molar-refractivity contribution in [1.82, 2.24) is 4.98 Å². The van der Waals surface area contributed by atoms with E-state index in [0.29, 0.717) is 18.1 Å². The van der Waals surface area contributed by atoms with Crippen LogP contribution in [0.2, 0.25) is 0 Å². The molecule has 0 spiro atoms. The van der Waals surface area contributed by atoms with E-state index in [1.807, 2.05) is 0 Å². The van der Waals surface area contributed by atoms with E-state index in [1.54, 1.807) is 13.0 Å². The van der Waals surface area contributed by atoms with Gasteiger partial charge in [0.2, 0.25) is 5.89 Å². The van der Waals surface area contributed by atoms with Crippen molar-refractivity contribution in [3.05, 3.63) is 46.8 Å². The van der Waals surface area contributed by atoms with Crippen molar-refractivity contribution < 1.29 is 27.4 Å². The SMILES string of the molecule is CCOc1cc2c(=O)oc(-c3ccccc3OC(F)F)nc2cc1OC. The lowest BCUT2D eigenvalue weighted by Gasteiger charge is -2.11. The zero-order valence-corrected chi connectivity index (χ0v) is 14.0. The van der Waals surface area contributed by atoms with Crippen LogP contribution in [0.25, 0.3) is 22.4 Å². The van der Waals surface area contributed by atoms with Crippen LogP contribution in [0.15, 0.2) is 45.6 Å². The van der Waals surface area contributed by atoms with E-state index in [0.717, 1.165) is 0 Å². The van der Waals surface area contributed by atoms with Crippen LogP contribution in [0, 0.1) is 0 Å². The number of ether oxygens (including phenoxy) is 3. The fraction of sp³-hybridized carbons (Fsp3) is 0.222. The number of benzene rings is 2. The summed E-state index contributed by atoms with van der Waals surface area (Å²) in [5.41, 5.74) is -0.261. The van der Waals surface area contributed by atoms with Gasteiger partial charge in [-0.15, -0.1) is 0 Å². The number of rotatable bonds is 6. The number of aromatic nitrogens is 1. The van der Waals surface area contributed by atoms with E-state index >= 15 is 0 Å². The largest absolute Gasteiger partial charge is 0.493 e. The van der Waals surface area contributed by atoms with Crippen LogP contribution in [-0.4, -0.2) is 25.3 Å².